The SMILES string of the molecule is CC(=CC=CC=O)CO. The lowest BCUT2D eigenvalue weighted by atomic mass is 10.3. The van der Waals surface area contributed by atoms with Gasteiger partial charge in [0.15, 0.2) is 0 Å². The van der Waals surface area contributed by atoms with Crippen LogP contribution in [0.3, 0.4) is 0 Å². The van der Waals surface area contributed by atoms with Crippen LogP contribution < -0.4 is 0 Å². The lowest BCUT2D eigenvalue weighted by Gasteiger charge is -1.86. The molecule has 0 spiro atoms. The van der Waals surface area contributed by atoms with Crippen molar-refractivity contribution in [2.75, 3.05) is 6.61 Å². The lowest BCUT2D eigenvalue weighted by molar-refractivity contribution is -0.104. The molecule has 1 N–H and O–H groups in total. The molecule has 2 heteroatoms. The summed E-state index contributed by atoms with van der Waals surface area (Å²) >= 11 is 0. The number of aliphatic hydroxyl groups excluding tert-OH is 1. The number of aldehydes is 1. The Kier molecular flexibility index (Phi) is 4.73. The Balaban J connectivity index is 3.67. The number of carbonyl (C=O) groups is 1. The van der Waals surface area contributed by atoms with E-state index in [0.717, 1.165) is 5.57 Å². The van der Waals surface area contributed by atoms with Crippen molar-refractivity contribution >= 4 is 6.29 Å². The van der Waals surface area contributed by atoms with Crippen LogP contribution in [-0.4, -0.2) is 18.0 Å². The molecule has 0 saturated carbocycles. The van der Waals surface area contributed by atoms with Crippen LogP contribution in [0.5, 0.6) is 0 Å². The number of hydrogen-bond donors (Lipinski definition) is 1. The first-order valence-corrected chi connectivity index (χ1v) is 2.69. The van der Waals surface area contributed by atoms with E-state index in [-0.39, 0.29) is 6.61 Å². The van der Waals surface area contributed by atoms with Crippen molar-refractivity contribution in [2.45, 2.75) is 6.92 Å². The zero-order chi connectivity index (χ0) is 7.11. The fraction of sp³-hybridized carbons (Fsp3) is 0.286. The van der Waals surface area contributed by atoms with E-state index >= 15 is 0 Å². The van der Waals surface area contributed by atoms with Crippen molar-refractivity contribution in [3.8, 4) is 0 Å². The van der Waals surface area contributed by atoms with Gasteiger partial charge in [0.2, 0.25) is 0 Å². The van der Waals surface area contributed by atoms with Gasteiger partial charge >= 0.3 is 0 Å². The van der Waals surface area contributed by atoms with E-state index in [1.54, 1.807) is 19.1 Å². The van der Waals surface area contributed by atoms with Crippen molar-refractivity contribution in [3.63, 3.8) is 0 Å². The quantitative estimate of drug-likeness (QED) is 0.343. The summed E-state index contributed by atoms with van der Waals surface area (Å²) in [6, 6.07) is 0. The molecule has 0 fully saturated rings. The van der Waals surface area contributed by atoms with Gasteiger partial charge < -0.3 is 5.11 Å². The Labute approximate surface area is 54.5 Å². The van der Waals surface area contributed by atoms with Crippen molar-refractivity contribution < 1.29 is 9.90 Å². The van der Waals surface area contributed by atoms with Gasteiger partial charge in [-0.1, -0.05) is 12.2 Å². The largest absolute Gasteiger partial charge is 0.392 e. The summed E-state index contributed by atoms with van der Waals surface area (Å²) in [7, 11) is 0. The molecular weight excluding hydrogens is 116 g/mol. The van der Waals surface area contributed by atoms with Crippen molar-refractivity contribution in [2.24, 2.45) is 0 Å². The smallest absolute Gasteiger partial charge is 0.142 e. The Bertz CT molecular complexity index is 134. The van der Waals surface area contributed by atoms with E-state index in [0.29, 0.717) is 6.29 Å². The van der Waals surface area contributed by atoms with Crippen molar-refractivity contribution in [1.82, 2.24) is 0 Å². The van der Waals surface area contributed by atoms with Gasteiger partial charge in [-0.3, -0.25) is 4.79 Å². The number of aliphatic hydroxyl groups is 1. The Morgan fingerprint density at radius 3 is 2.67 bits per heavy atom. The highest BCUT2D eigenvalue weighted by molar-refractivity contribution is 5.65. The topological polar surface area (TPSA) is 37.3 Å². The summed E-state index contributed by atoms with van der Waals surface area (Å²) in [4.78, 5) is 9.70. The molecule has 0 aliphatic rings. The average Bonchev–Trinajstić information content (AvgIpc) is 1.89. The van der Waals surface area contributed by atoms with Crippen LogP contribution in [0.25, 0.3) is 0 Å². The number of carbonyl (C=O) groups excluding carboxylic acids is 1. The summed E-state index contributed by atoms with van der Waals surface area (Å²) in [5.41, 5.74) is 0.841. The average molecular weight is 126 g/mol. The van der Waals surface area contributed by atoms with E-state index in [2.05, 4.69) is 0 Å². The minimum absolute atomic E-state index is 0.0448. The van der Waals surface area contributed by atoms with Crippen LogP contribution in [-0.2, 0) is 4.79 Å². The number of allylic oxidation sites excluding steroid dienone is 3. The van der Waals surface area contributed by atoms with E-state index in [9.17, 15) is 4.79 Å². The zero-order valence-electron chi connectivity index (χ0n) is 5.37. The summed E-state index contributed by atoms with van der Waals surface area (Å²) in [5, 5.41) is 8.44. The van der Waals surface area contributed by atoms with E-state index in [4.69, 9.17) is 5.11 Å². The second kappa shape index (κ2) is 5.25. The van der Waals surface area contributed by atoms with Gasteiger partial charge in [-0.25, -0.2) is 0 Å². The monoisotopic (exact) mass is 126 g/mol. The second-order valence-corrected chi connectivity index (χ2v) is 1.69. The minimum Gasteiger partial charge on any atom is -0.392 e. The minimum atomic E-state index is 0.0448. The van der Waals surface area contributed by atoms with Crippen molar-refractivity contribution in [1.29, 1.82) is 0 Å². The summed E-state index contributed by atoms with van der Waals surface area (Å²) in [6.07, 6.45) is 5.35. The molecule has 0 amide bonds. The summed E-state index contributed by atoms with van der Waals surface area (Å²) in [5.74, 6) is 0. The van der Waals surface area contributed by atoms with Crippen LogP contribution in [0.1, 0.15) is 6.92 Å². The molecule has 0 saturated heterocycles. The predicted octanol–water partition coefficient (Wildman–Crippen LogP) is 0.680. The molecule has 0 unspecified atom stereocenters. The Morgan fingerprint density at radius 2 is 2.22 bits per heavy atom. The van der Waals surface area contributed by atoms with Gasteiger partial charge in [0.25, 0.3) is 0 Å². The summed E-state index contributed by atoms with van der Waals surface area (Å²) in [6.45, 7) is 1.83. The molecule has 0 rings (SSSR count). The summed E-state index contributed by atoms with van der Waals surface area (Å²) < 4.78 is 0. The van der Waals surface area contributed by atoms with Gasteiger partial charge in [0.1, 0.15) is 6.29 Å². The third-order valence-corrected chi connectivity index (χ3v) is 0.820. The maximum atomic E-state index is 9.70. The van der Waals surface area contributed by atoms with Gasteiger partial charge in [-0.15, -0.1) is 0 Å². The molecule has 0 bridgehead atoms. The molecule has 0 aromatic rings. The number of rotatable bonds is 3. The van der Waals surface area contributed by atoms with Gasteiger partial charge in [0.05, 0.1) is 6.61 Å². The van der Waals surface area contributed by atoms with Gasteiger partial charge in [0, 0.05) is 0 Å². The molecular formula is C7H10O2. The zero-order valence-corrected chi connectivity index (χ0v) is 5.37. The highest BCUT2D eigenvalue weighted by Crippen LogP contribution is 1.88. The van der Waals surface area contributed by atoms with Crippen LogP contribution in [0.15, 0.2) is 23.8 Å². The Hall–Kier alpha value is -0.890. The van der Waals surface area contributed by atoms with Gasteiger partial charge in [-0.05, 0) is 18.6 Å². The molecule has 50 valence electrons. The fourth-order valence-electron chi connectivity index (χ4n) is 0.318. The van der Waals surface area contributed by atoms with Crippen LogP contribution >= 0.6 is 0 Å². The lowest BCUT2D eigenvalue weighted by Crippen LogP contribution is -1.80. The molecule has 0 radical (unpaired) electrons. The highest BCUT2D eigenvalue weighted by Gasteiger charge is 1.77. The normalized spacial score (nSPS) is 12.4. The first kappa shape index (κ1) is 8.11. The van der Waals surface area contributed by atoms with E-state index in [1.165, 1.54) is 6.08 Å². The first-order chi connectivity index (χ1) is 4.31. The van der Waals surface area contributed by atoms with Crippen LogP contribution in [0.2, 0.25) is 0 Å². The third-order valence-electron chi connectivity index (χ3n) is 0.820. The third kappa shape index (κ3) is 4.97. The second-order valence-electron chi connectivity index (χ2n) is 1.69. The maximum Gasteiger partial charge on any atom is 0.142 e. The Morgan fingerprint density at radius 1 is 1.56 bits per heavy atom. The molecule has 2 nitrogen and oxygen atoms in total. The predicted molar refractivity (Wildman–Crippen MR) is 36.0 cm³/mol. The standard InChI is InChI=1S/C7H10O2/c1-7(6-9)4-2-3-5-8/h2-5,9H,6H2,1H3. The fourth-order valence-corrected chi connectivity index (χ4v) is 0.318. The molecule has 0 aliphatic carbocycles. The molecule has 0 aliphatic heterocycles. The van der Waals surface area contributed by atoms with E-state index in [1.807, 2.05) is 0 Å². The number of hydrogen-bond acceptors (Lipinski definition) is 2. The van der Waals surface area contributed by atoms with Crippen molar-refractivity contribution in [3.05, 3.63) is 23.8 Å². The molecule has 0 aromatic carbocycles. The van der Waals surface area contributed by atoms with E-state index < -0.39 is 0 Å². The highest BCUT2D eigenvalue weighted by atomic mass is 16.3. The molecule has 0 aromatic heterocycles. The molecule has 0 heterocycles. The first-order valence-electron chi connectivity index (χ1n) is 2.69. The van der Waals surface area contributed by atoms with Crippen LogP contribution in [0.4, 0.5) is 0 Å². The van der Waals surface area contributed by atoms with Gasteiger partial charge in [-0.2, -0.15) is 0 Å². The molecule has 0 atom stereocenters. The van der Waals surface area contributed by atoms with Crippen LogP contribution in [0, 0.1) is 0 Å². The maximum absolute atomic E-state index is 9.70. The molecule has 9 heavy (non-hydrogen) atoms.